The number of carbonyl (C=O) groups is 3. The van der Waals surface area contributed by atoms with Crippen LogP contribution in [0.4, 0.5) is 5.69 Å². The van der Waals surface area contributed by atoms with Crippen molar-refractivity contribution in [1.29, 1.82) is 0 Å². The molecule has 0 aromatic heterocycles. The van der Waals surface area contributed by atoms with E-state index in [4.69, 9.17) is 9.84 Å². The minimum Gasteiger partial charge on any atom is -0.480 e. The number of amides is 2. The molecule has 3 rings (SSSR count). The van der Waals surface area contributed by atoms with Gasteiger partial charge in [-0.15, -0.1) is 0 Å². The van der Waals surface area contributed by atoms with Gasteiger partial charge in [-0.2, -0.15) is 0 Å². The molecule has 7 heteroatoms. The maximum Gasteiger partial charge on any atom is 0.319 e. The summed E-state index contributed by atoms with van der Waals surface area (Å²) >= 11 is 0. The zero-order valence-corrected chi connectivity index (χ0v) is 13.2. The number of carboxylic acid groups (broad SMARTS) is 1. The average Bonchev–Trinajstić information content (AvgIpc) is 3.20. The molecular formula is C17H20N2O5. The number of nitrogens with one attached hydrogen (secondary N) is 2. The summed E-state index contributed by atoms with van der Waals surface area (Å²) in [6.07, 6.45) is 1.96. The predicted octanol–water partition coefficient (Wildman–Crippen LogP) is 1.29. The Bertz CT molecular complexity index is 663. The molecule has 1 aliphatic heterocycles. The van der Waals surface area contributed by atoms with E-state index in [1.54, 1.807) is 18.2 Å². The number of ether oxygens (including phenoxy) is 1. The van der Waals surface area contributed by atoms with E-state index in [-0.39, 0.29) is 12.5 Å². The molecule has 1 aromatic carbocycles. The fraction of sp³-hybridized carbons (Fsp3) is 0.471. The second kappa shape index (κ2) is 6.60. The Morgan fingerprint density at radius 3 is 2.71 bits per heavy atom. The number of carboxylic acids is 1. The van der Waals surface area contributed by atoms with Gasteiger partial charge in [-0.1, -0.05) is 12.1 Å². The summed E-state index contributed by atoms with van der Waals surface area (Å²) in [5, 5.41) is 14.6. The van der Waals surface area contributed by atoms with Gasteiger partial charge in [0.25, 0.3) is 5.91 Å². The number of anilines is 1. The number of aliphatic carboxylic acids is 1. The number of carbonyl (C=O) groups excluding carboxylic acids is 2. The van der Waals surface area contributed by atoms with Crippen molar-refractivity contribution in [3.05, 3.63) is 29.8 Å². The maximum absolute atomic E-state index is 12.0. The molecule has 1 aromatic rings. The van der Waals surface area contributed by atoms with Crippen LogP contribution in [0.1, 0.15) is 31.2 Å². The smallest absolute Gasteiger partial charge is 0.319 e. The van der Waals surface area contributed by atoms with E-state index < -0.39 is 23.4 Å². The molecule has 24 heavy (non-hydrogen) atoms. The highest BCUT2D eigenvalue weighted by atomic mass is 16.5. The monoisotopic (exact) mass is 332 g/mol. The van der Waals surface area contributed by atoms with E-state index in [1.807, 2.05) is 6.07 Å². The van der Waals surface area contributed by atoms with Gasteiger partial charge in [-0.3, -0.25) is 14.4 Å². The number of rotatable bonds is 6. The Morgan fingerprint density at radius 2 is 2.08 bits per heavy atom. The summed E-state index contributed by atoms with van der Waals surface area (Å²) in [4.78, 5) is 35.2. The first-order chi connectivity index (χ1) is 11.5. The van der Waals surface area contributed by atoms with Crippen molar-refractivity contribution in [2.75, 3.05) is 11.9 Å². The molecule has 7 nitrogen and oxygen atoms in total. The van der Waals surface area contributed by atoms with Crippen molar-refractivity contribution >= 4 is 23.5 Å². The standard InChI is InChI=1S/C17H20N2O5/c20-14(13-5-2-8-24-13)19-12-4-1-3-11(9-12)10-18-15(21)17(6-7-17)16(22)23/h1,3-4,9,13H,2,5-8,10H2,(H,18,21)(H,19,20)(H,22,23). The average molecular weight is 332 g/mol. The lowest BCUT2D eigenvalue weighted by atomic mass is 10.1. The van der Waals surface area contributed by atoms with E-state index in [0.717, 1.165) is 18.4 Å². The molecule has 1 aliphatic carbocycles. The molecule has 0 bridgehead atoms. The Balaban J connectivity index is 1.56. The van der Waals surface area contributed by atoms with Gasteiger partial charge in [0.2, 0.25) is 5.91 Å². The molecule has 1 heterocycles. The van der Waals surface area contributed by atoms with Gasteiger partial charge >= 0.3 is 5.97 Å². The van der Waals surface area contributed by atoms with Crippen LogP contribution < -0.4 is 10.6 Å². The van der Waals surface area contributed by atoms with Gasteiger partial charge in [0, 0.05) is 18.8 Å². The first kappa shape index (κ1) is 16.4. The van der Waals surface area contributed by atoms with Gasteiger partial charge in [0.1, 0.15) is 11.5 Å². The quantitative estimate of drug-likeness (QED) is 0.681. The number of benzene rings is 1. The minimum atomic E-state index is -1.24. The number of hydrogen-bond acceptors (Lipinski definition) is 4. The molecule has 2 amide bonds. The molecule has 3 N–H and O–H groups in total. The summed E-state index contributed by atoms with van der Waals surface area (Å²) in [5.74, 6) is -1.70. The molecule has 128 valence electrons. The maximum atomic E-state index is 12.0. The molecule has 1 saturated heterocycles. The van der Waals surface area contributed by atoms with Crippen molar-refractivity contribution in [1.82, 2.24) is 5.32 Å². The Kier molecular flexibility index (Phi) is 4.53. The second-order valence-corrected chi connectivity index (χ2v) is 6.26. The fourth-order valence-corrected chi connectivity index (χ4v) is 2.78. The van der Waals surface area contributed by atoms with Crippen LogP contribution in [0.3, 0.4) is 0 Å². The van der Waals surface area contributed by atoms with E-state index in [1.165, 1.54) is 0 Å². The molecule has 1 atom stereocenters. The summed E-state index contributed by atoms with van der Waals surface area (Å²) in [6, 6.07) is 7.10. The third kappa shape index (κ3) is 3.41. The van der Waals surface area contributed by atoms with E-state index in [2.05, 4.69) is 10.6 Å². The summed E-state index contributed by atoms with van der Waals surface area (Å²) < 4.78 is 5.34. The van der Waals surface area contributed by atoms with Crippen LogP contribution in [-0.2, 0) is 25.7 Å². The molecule has 2 fully saturated rings. The summed E-state index contributed by atoms with van der Waals surface area (Å²) in [5.41, 5.74) is 0.169. The van der Waals surface area contributed by atoms with Gasteiger partial charge in [0.05, 0.1) is 0 Å². The second-order valence-electron chi connectivity index (χ2n) is 6.26. The lowest BCUT2D eigenvalue weighted by Gasteiger charge is -2.13. The van der Waals surface area contributed by atoms with Gasteiger partial charge in [-0.05, 0) is 43.4 Å². The SMILES string of the molecule is O=C(Nc1cccc(CNC(=O)C2(C(=O)O)CC2)c1)C1CCCO1. The minimum absolute atomic E-state index is 0.170. The highest BCUT2D eigenvalue weighted by Gasteiger charge is 2.56. The van der Waals surface area contributed by atoms with Crippen molar-refractivity contribution in [3.63, 3.8) is 0 Å². The Morgan fingerprint density at radius 1 is 1.29 bits per heavy atom. The Hall–Kier alpha value is -2.41. The highest BCUT2D eigenvalue weighted by Crippen LogP contribution is 2.46. The lowest BCUT2D eigenvalue weighted by molar-refractivity contribution is -0.149. The van der Waals surface area contributed by atoms with Crippen molar-refractivity contribution in [2.24, 2.45) is 5.41 Å². The predicted molar refractivity (Wildman–Crippen MR) is 85.2 cm³/mol. The van der Waals surface area contributed by atoms with Crippen LogP contribution in [0.2, 0.25) is 0 Å². The topological polar surface area (TPSA) is 105 Å². The molecule has 2 aliphatic rings. The third-order valence-corrected chi connectivity index (χ3v) is 4.46. The van der Waals surface area contributed by atoms with Crippen molar-refractivity contribution in [3.8, 4) is 0 Å². The normalized spacial score (nSPS) is 21.1. The third-order valence-electron chi connectivity index (χ3n) is 4.46. The molecule has 1 saturated carbocycles. The largest absolute Gasteiger partial charge is 0.480 e. The van der Waals surface area contributed by atoms with Crippen molar-refractivity contribution < 1.29 is 24.2 Å². The Labute approximate surface area is 139 Å². The first-order valence-corrected chi connectivity index (χ1v) is 8.04. The zero-order chi connectivity index (χ0) is 17.2. The van der Waals surface area contributed by atoms with Crippen LogP contribution in [0, 0.1) is 5.41 Å². The van der Waals surface area contributed by atoms with E-state index in [9.17, 15) is 14.4 Å². The van der Waals surface area contributed by atoms with E-state index >= 15 is 0 Å². The first-order valence-electron chi connectivity index (χ1n) is 8.04. The zero-order valence-electron chi connectivity index (χ0n) is 13.2. The summed E-state index contributed by atoms with van der Waals surface area (Å²) in [7, 11) is 0. The molecule has 0 radical (unpaired) electrons. The summed E-state index contributed by atoms with van der Waals surface area (Å²) in [6.45, 7) is 0.826. The van der Waals surface area contributed by atoms with Crippen LogP contribution in [-0.4, -0.2) is 35.6 Å². The van der Waals surface area contributed by atoms with Crippen molar-refractivity contribution in [2.45, 2.75) is 38.3 Å². The van der Waals surface area contributed by atoms with E-state index in [0.29, 0.717) is 25.1 Å². The molecule has 1 unspecified atom stereocenters. The van der Waals surface area contributed by atoms with Crippen LogP contribution in [0.15, 0.2) is 24.3 Å². The van der Waals surface area contributed by atoms with Crippen LogP contribution >= 0.6 is 0 Å². The molecule has 0 spiro atoms. The van der Waals surface area contributed by atoms with Crippen LogP contribution in [0.5, 0.6) is 0 Å². The number of hydrogen-bond donors (Lipinski definition) is 3. The lowest BCUT2D eigenvalue weighted by Crippen LogP contribution is -2.36. The van der Waals surface area contributed by atoms with Gasteiger partial charge in [0.15, 0.2) is 0 Å². The van der Waals surface area contributed by atoms with Crippen LogP contribution in [0.25, 0.3) is 0 Å². The fourth-order valence-electron chi connectivity index (χ4n) is 2.78. The highest BCUT2D eigenvalue weighted by molar-refractivity contribution is 6.04. The van der Waals surface area contributed by atoms with Gasteiger partial charge in [-0.25, -0.2) is 0 Å². The molecular weight excluding hydrogens is 312 g/mol. The van der Waals surface area contributed by atoms with Gasteiger partial charge < -0.3 is 20.5 Å².